The number of hydrogen-bond acceptors (Lipinski definition) is 6. The summed E-state index contributed by atoms with van der Waals surface area (Å²) in [5.74, 6) is 0.160. The lowest BCUT2D eigenvalue weighted by molar-refractivity contribution is 0.0949. The van der Waals surface area contributed by atoms with E-state index in [-0.39, 0.29) is 10.8 Å². The van der Waals surface area contributed by atoms with Crippen LogP contribution in [0.2, 0.25) is 0 Å². The molecular formula is C18H25N5O3S. The van der Waals surface area contributed by atoms with Crippen LogP contribution in [0.3, 0.4) is 0 Å². The monoisotopic (exact) mass is 391 g/mol. The lowest BCUT2D eigenvalue weighted by Gasteiger charge is -2.08. The highest BCUT2D eigenvalue weighted by Gasteiger charge is 2.09. The van der Waals surface area contributed by atoms with Crippen LogP contribution >= 0.6 is 0 Å². The van der Waals surface area contributed by atoms with E-state index in [2.05, 4.69) is 27.5 Å². The average molecular weight is 391 g/mol. The molecule has 2 rings (SSSR count). The molecule has 0 bridgehead atoms. The minimum absolute atomic E-state index is 0.0650. The van der Waals surface area contributed by atoms with E-state index in [0.29, 0.717) is 24.6 Å². The van der Waals surface area contributed by atoms with Gasteiger partial charge in [-0.3, -0.25) is 4.79 Å². The number of aromatic nitrogens is 2. The summed E-state index contributed by atoms with van der Waals surface area (Å²) in [7, 11) is -3.69. The maximum absolute atomic E-state index is 12.2. The Hall–Kier alpha value is -2.52. The molecule has 9 heteroatoms. The van der Waals surface area contributed by atoms with Gasteiger partial charge in [-0.1, -0.05) is 31.9 Å². The number of nitrogens with two attached hydrogens (primary N) is 1. The van der Waals surface area contributed by atoms with Crippen LogP contribution in [-0.2, 0) is 16.4 Å². The molecule has 0 unspecified atom stereocenters. The van der Waals surface area contributed by atoms with Gasteiger partial charge in [0.1, 0.15) is 5.69 Å². The molecule has 4 N–H and O–H groups in total. The van der Waals surface area contributed by atoms with Crippen molar-refractivity contribution in [1.82, 2.24) is 15.3 Å². The second-order valence-corrected chi connectivity index (χ2v) is 7.66. The predicted octanol–water partition coefficient (Wildman–Crippen LogP) is 1.70. The molecule has 1 amide bonds. The second kappa shape index (κ2) is 9.98. The number of unbranched alkanes of at least 4 members (excludes halogenated alkanes) is 2. The normalized spacial score (nSPS) is 11.2. The van der Waals surface area contributed by atoms with E-state index in [4.69, 9.17) is 5.14 Å². The van der Waals surface area contributed by atoms with E-state index < -0.39 is 10.0 Å². The van der Waals surface area contributed by atoms with Gasteiger partial charge in [0.25, 0.3) is 5.91 Å². The van der Waals surface area contributed by atoms with Gasteiger partial charge in [0.15, 0.2) is 0 Å². The van der Waals surface area contributed by atoms with Crippen LogP contribution < -0.4 is 15.8 Å². The topological polar surface area (TPSA) is 127 Å². The molecule has 0 aliphatic heterocycles. The van der Waals surface area contributed by atoms with Crippen LogP contribution in [0, 0.1) is 0 Å². The highest BCUT2D eigenvalue weighted by atomic mass is 32.2. The lowest BCUT2D eigenvalue weighted by atomic mass is 10.1. The Balaban J connectivity index is 1.83. The van der Waals surface area contributed by atoms with Crippen molar-refractivity contribution in [1.29, 1.82) is 0 Å². The molecule has 0 saturated carbocycles. The molecule has 0 saturated heterocycles. The van der Waals surface area contributed by atoms with Gasteiger partial charge in [-0.2, -0.15) is 0 Å². The molecule has 0 fully saturated rings. The largest absolute Gasteiger partial charge is 0.354 e. The third kappa shape index (κ3) is 6.95. The first-order valence-corrected chi connectivity index (χ1v) is 10.4. The van der Waals surface area contributed by atoms with Crippen molar-refractivity contribution in [2.45, 2.75) is 37.5 Å². The highest BCUT2D eigenvalue weighted by Crippen LogP contribution is 2.09. The van der Waals surface area contributed by atoms with Gasteiger partial charge in [-0.15, -0.1) is 0 Å². The number of primary sulfonamides is 1. The second-order valence-electron chi connectivity index (χ2n) is 6.09. The predicted molar refractivity (Wildman–Crippen MR) is 104 cm³/mol. The van der Waals surface area contributed by atoms with Crippen LogP contribution in [0.5, 0.6) is 0 Å². The fourth-order valence-electron chi connectivity index (χ4n) is 2.40. The van der Waals surface area contributed by atoms with Crippen LogP contribution in [0.1, 0.15) is 42.2 Å². The Bertz CT molecular complexity index is 854. The SMILES string of the molecule is CCCCCNc1nccc(C(=O)NCCc2ccc(S(N)(=O)=O)cc2)n1. The van der Waals surface area contributed by atoms with Gasteiger partial charge in [0, 0.05) is 19.3 Å². The molecule has 2 aromatic rings. The van der Waals surface area contributed by atoms with Gasteiger partial charge in [-0.05, 0) is 36.6 Å². The number of sulfonamides is 1. The van der Waals surface area contributed by atoms with Gasteiger partial charge in [-0.25, -0.2) is 23.5 Å². The van der Waals surface area contributed by atoms with Crippen molar-refractivity contribution in [2.24, 2.45) is 5.14 Å². The standard InChI is InChI=1S/C18H25N5O3S/c1-2-3-4-11-21-18-22-13-10-16(23-18)17(24)20-12-9-14-5-7-15(8-6-14)27(19,25)26/h5-8,10,13H,2-4,9,11-12H2,1H3,(H,20,24)(H2,19,25,26)(H,21,22,23). The number of rotatable bonds is 10. The minimum Gasteiger partial charge on any atom is -0.354 e. The van der Waals surface area contributed by atoms with Crippen molar-refractivity contribution in [3.05, 3.63) is 47.8 Å². The number of hydrogen-bond donors (Lipinski definition) is 3. The Labute approximate surface area is 159 Å². The van der Waals surface area contributed by atoms with Crippen molar-refractivity contribution in [3.8, 4) is 0 Å². The number of benzene rings is 1. The summed E-state index contributed by atoms with van der Waals surface area (Å²) in [5, 5.41) is 11.0. The van der Waals surface area contributed by atoms with E-state index in [1.54, 1.807) is 24.4 Å². The fourth-order valence-corrected chi connectivity index (χ4v) is 2.92. The molecule has 0 atom stereocenters. The zero-order valence-electron chi connectivity index (χ0n) is 15.3. The first-order chi connectivity index (χ1) is 12.9. The Morgan fingerprint density at radius 2 is 1.85 bits per heavy atom. The number of nitrogens with one attached hydrogen (secondary N) is 2. The number of nitrogens with zero attached hydrogens (tertiary/aromatic N) is 2. The summed E-state index contributed by atoms with van der Waals surface area (Å²) in [6, 6.07) is 7.82. The van der Waals surface area contributed by atoms with E-state index >= 15 is 0 Å². The fraction of sp³-hybridized carbons (Fsp3) is 0.389. The maximum Gasteiger partial charge on any atom is 0.270 e. The summed E-state index contributed by atoms with van der Waals surface area (Å²) < 4.78 is 22.5. The van der Waals surface area contributed by atoms with Crippen LogP contribution in [0.4, 0.5) is 5.95 Å². The zero-order valence-corrected chi connectivity index (χ0v) is 16.1. The van der Waals surface area contributed by atoms with Gasteiger partial charge >= 0.3 is 0 Å². The van der Waals surface area contributed by atoms with Crippen molar-refractivity contribution in [2.75, 3.05) is 18.4 Å². The Morgan fingerprint density at radius 3 is 2.52 bits per heavy atom. The molecule has 27 heavy (non-hydrogen) atoms. The first kappa shape index (κ1) is 20.8. The van der Waals surface area contributed by atoms with E-state index in [0.717, 1.165) is 31.4 Å². The molecule has 146 valence electrons. The van der Waals surface area contributed by atoms with E-state index in [9.17, 15) is 13.2 Å². The zero-order chi connectivity index (χ0) is 19.7. The maximum atomic E-state index is 12.2. The molecule has 1 heterocycles. The van der Waals surface area contributed by atoms with Gasteiger partial charge in [0.2, 0.25) is 16.0 Å². The molecular weight excluding hydrogens is 366 g/mol. The van der Waals surface area contributed by atoms with Gasteiger partial charge in [0.05, 0.1) is 4.90 Å². The van der Waals surface area contributed by atoms with E-state index in [1.165, 1.54) is 12.1 Å². The smallest absolute Gasteiger partial charge is 0.270 e. The van der Waals surface area contributed by atoms with Crippen LogP contribution in [-0.4, -0.2) is 37.4 Å². The van der Waals surface area contributed by atoms with Crippen LogP contribution in [0.15, 0.2) is 41.4 Å². The van der Waals surface area contributed by atoms with Crippen molar-refractivity contribution in [3.63, 3.8) is 0 Å². The lowest BCUT2D eigenvalue weighted by Crippen LogP contribution is -2.27. The molecule has 1 aromatic carbocycles. The number of carbonyl (C=O) groups is 1. The molecule has 0 spiro atoms. The Kier molecular flexibility index (Phi) is 7.68. The molecule has 0 aliphatic rings. The Morgan fingerprint density at radius 1 is 1.11 bits per heavy atom. The number of carbonyl (C=O) groups excluding carboxylic acids is 1. The third-order valence-electron chi connectivity index (χ3n) is 3.90. The minimum atomic E-state index is -3.69. The average Bonchev–Trinajstić information content (AvgIpc) is 2.65. The summed E-state index contributed by atoms with van der Waals surface area (Å²) in [4.78, 5) is 20.6. The molecule has 0 aliphatic carbocycles. The van der Waals surface area contributed by atoms with Crippen molar-refractivity contribution >= 4 is 21.9 Å². The third-order valence-corrected chi connectivity index (χ3v) is 4.83. The molecule has 0 radical (unpaired) electrons. The summed E-state index contributed by atoms with van der Waals surface area (Å²) in [6.07, 6.45) is 5.40. The highest BCUT2D eigenvalue weighted by molar-refractivity contribution is 7.89. The summed E-state index contributed by atoms with van der Waals surface area (Å²) in [5.41, 5.74) is 1.19. The van der Waals surface area contributed by atoms with E-state index in [1.807, 2.05) is 0 Å². The van der Waals surface area contributed by atoms with Crippen LogP contribution in [0.25, 0.3) is 0 Å². The van der Waals surface area contributed by atoms with Gasteiger partial charge < -0.3 is 10.6 Å². The summed E-state index contributed by atoms with van der Waals surface area (Å²) >= 11 is 0. The summed E-state index contributed by atoms with van der Waals surface area (Å²) in [6.45, 7) is 3.31. The quantitative estimate of drug-likeness (QED) is 0.529. The number of amides is 1. The molecule has 1 aromatic heterocycles. The number of anilines is 1. The first-order valence-electron chi connectivity index (χ1n) is 8.87. The molecule has 8 nitrogen and oxygen atoms in total. The van der Waals surface area contributed by atoms with Crippen molar-refractivity contribution < 1.29 is 13.2 Å².